The summed E-state index contributed by atoms with van der Waals surface area (Å²) in [5.74, 6) is 0.583. The van der Waals surface area contributed by atoms with Crippen molar-refractivity contribution in [3.05, 3.63) is 12.7 Å². The summed E-state index contributed by atoms with van der Waals surface area (Å²) in [6.07, 6.45) is 3.18. The van der Waals surface area contributed by atoms with Crippen molar-refractivity contribution in [3.8, 4) is 0 Å². The van der Waals surface area contributed by atoms with E-state index >= 15 is 0 Å². The van der Waals surface area contributed by atoms with Crippen molar-refractivity contribution in [2.24, 2.45) is 5.92 Å². The molecule has 0 heterocycles. The minimum absolute atomic E-state index is 0.178. The van der Waals surface area contributed by atoms with Crippen LogP contribution in [0.15, 0.2) is 12.7 Å². The number of hydrogen-bond donors (Lipinski definition) is 1. The van der Waals surface area contributed by atoms with E-state index in [0.29, 0.717) is 5.92 Å². The Morgan fingerprint density at radius 2 is 2.11 bits per heavy atom. The van der Waals surface area contributed by atoms with Crippen LogP contribution in [-0.4, -0.2) is 11.2 Å². The molecule has 0 fully saturated rings. The smallest absolute Gasteiger partial charge is 0.0577 e. The van der Waals surface area contributed by atoms with Gasteiger partial charge in [0, 0.05) is 0 Å². The van der Waals surface area contributed by atoms with Gasteiger partial charge in [-0.1, -0.05) is 19.9 Å². The van der Waals surface area contributed by atoms with Crippen LogP contribution in [-0.2, 0) is 0 Å². The fourth-order valence-electron chi connectivity index (χ4n) is 0.833. The van der Waals surface area contributed by atoms with Gasteiger partial charge in [-0.2, -0.15) is 0 Å². The molecule has 1 heteroatoms. The first-order chi connectivity index (χ1) is 4.16. The highest BCUT2D eigenvalue weighted by molar-refractivity contribution is 4.72. The molecule has 0 aromatic carbocycles. The molecule has 1 atom stereocenters. The molecule has 54 valence electrons. The highest BCUT2D eigenvalue weighted by atomic mass is 16.3. The predicted molar refractivity (Wildman–Crippen MR) is 40.3 cm³/mol. The normalized spacial score (nSPS) is 13.8. The van der Waals surface area contributed by atoms with E-state index < -0.39 is 0 Å². The molecule has 0 aliphatic carbocycles. The van der Waals surface area contributed by atoms with Crippen molar-refractivity contribution in [2.75, 3.05) is 0 Å². The van der Waals surface area contributed by atoms with E-state index in [1.165, 1.54) is 0 Å². The Labute approximate surface area is 57.4 Å². The van der Waals surface area contributed by atoms with Crippen LogP contribution in [0.25, 0.3) is 0 Å². The molecule has 0 amide bonds. The Hall–Kier alpha value is -0.300. The monoisotopic (exact) mass is 128 g/mol. The van der Waals surface area contributed by atoms with E-state index in [-0.39, 0.29) is 6.10 Å². The van der Waals surface area contributed by atoms with Gasteiger partial charge in [0.25, 0.3) is 0 Å². The summed E-state index contributed by atoms with van der Waals surface area (Å²) in [6, 6.07) is 0. The molecule has 0 aromatic rings. The maximum Gasteiger partial charge on any atom is 0.0577 e. The molecule has 0 bridgehead atoms. The van der Waals surface area contributed by atoms with Crippen molar-refractivity contribution in [2.45, 2.75) is 32.8 Å². The number of hydrogen-bond acceptors (Lipinski definition) is 1. The van der Waals surface area contributed by atoms with Gasteiger partial charge in [0.2, 0.25) is 0 Å². The van der Waals surface area contributed by atoms with Gasteiger partial charge in [0.05, 0.1) is 6.10 Å². The Bertz CT molecular complexity index is 76.6. The van der Waals surface area contributed by atoms with Gasteiger partial charge in [0.15, 0.2) is 0 Å². The predicted octanol–water partition coefficient (Wildman–Crippen LogP) is 1.97. The average molecular weight is 128 g/mol. The largest absolute Gasteiger partial charge is 0.393 e. The van der Waals surface area contributed by atoms with Gasteiger partial charge >= 0.3 is 0 Å². The van der Waals surface area contributed by atoms with Gasteiger partial charge in [-0.3, -0.25) is 0 Å². The summed E-state index contributed by atoms with van der Waals surface area (Å²) in [4.78, 5) is 0. The maximum atomic E-state index is 9.15. The van der Waals surface area contributed by atoms with E-state index in [1.807, 2.05) is 0 Å². The lowest BCUT2D eigenvalue weighted by molar-refractivity contribution is 0.152. The fourth-order valence-corrected chi connectivity index (χ4v) is 0.833. The molecule has 0 aromatic heterocycles. The first kappa shape index (κ1) is 8.70. The molecule has 0 rings (SSSR count). The van der Waals surface area contributed by atoms with E-state index in [4.69, 9.17) is 5.11 Å². The van der Waals surface area contributed by atoms with E-state index in [0.717, 1.165) is 12.8 Å². The number of aliphatic hydroxyl groups excluding tert-OH is 1. The lowest BCUT2D eigenvalue weighted by Crippen LogP contribution is -2.07. The zero-order chi connectivity index (χ0) is 7.28. The zero-order valence-electron chi connectivity index (χ0n) is 6.30. The van der Waals surface area contributed by atoms with Gasteiger partial charge in [-0.15, -0.1) is 6.58 Å². The quantitative estimate of drug-likeness (QED) is 0.574. The number of aliphatic hydroxyl groups is 1. The van der Waals surface area contributed by atoms with Crippen LogP contribution in [0.4, 0.5) is 0 Å². The highest BCUT2D eigenvalue weighted by Gasteiger charge is 2.02. The molecular formula is C8H16O. The van der Waals surface area contributed by atoms with Crippen molar-refractivity contribution in [1.29, 1.82) is 0 Å². The van der Waals surface area contributed by atoms with E-state index in [2.05, 4.69) is 20.4 Å². The summed E-state index contributed by atoms with van der Waals surface area (Å²) in [7, 11) is 0. The molecule has 0 spiro atoms. The molecule has 0 radical (unpaired) electrons. The molecule has 0 aliphatic rings. The van der Waals surface area contributed by atoms with Gasteiger partial charge in [-0.25, -0.2) is 0 Å². The molecule has 1 N–H and O–H groups in total. The fraction of sp³-hybridized carbons (Fsp3) is 0.750. The Morgan fingerprint density at radius 3 is 2.44 bits per heavy atom. The standard InChI is InChI=1S/C8H16O/c1-4-5-8(9)6-7(2)3/h4,7-9H,1,5-6H2,2-3H3/t8-/m1/s1. The maximum absolute atomic E-state index is 9.15. The lowest BCUT2D eigenvalue weighted by Gasteiger charge is -2.09. The van der Waals surface area contributed by atoms with Crippen LogP contribution < -0.4 is 0 Å². The van der Waals surface area contributed by atoms with Crippen molar-refractivity contribution in [3.63, 3.8) is 0 Å². The van der Waals surface area contributed by atoms with Crippen molar-refractivity contribution >= 4 is 0 Å². The third-order valence-corrected chi connectivity index (χ3v) is 1.18. The molecule has 9 heavy (non-hydrogen) atoms. The summed E-state index contributed by atoms with van der Waals surface area (Å²) >= 11 is 0. The van der Waals surface area contributed by atoms with E-state index in [9.17, 15) is 0 Å². The topological polar surface area (TPSA) is 20.2 Å². The Balaban J connectivity index is 3.25. The van der Waals surface area contributed by atoms with Gasteiger partial charge in [-0.05, 0) is 18.8 Å². The molecule has 0 saturated heterocycles. The molecule has 0 saturated carbocycles. The minimum Gasteiger partial charge on any atom is -0.393 e. The molecule has 1 nitrogen and oxygen atoms in total. The lowest BCUT2D eigenvalue weighted by atomic mass is 10.0. The summed E-state index contributed by atoms with van der Waals surface area (Å²) in [5.41, 5.74) is 0. The summed E-state index contributed by atoms with van der Waals surface area (Å²) < 4.78 is 0. The van der Waals surface area contributed by atoms with Crippen molar-refractivity contribution in [1.82, 2.24) is 0 Å². The average Bonchev–Trinajstić information content (AvgIpc) is 1.63. The second kappa shape index (κ2) is 4.57. The Kier molecular flexibility index (Phi) is 4.41. The molecular weight excluding hydrogens is 112 g/mol. The third-order valence-electron chi connectivity index (χ3n) is 1.18. The molecule has 0 unspecified atom stereocenters. The highest BCUT2D eigenvalue weighted by Crippen LogP contribution is 2.06. The molecule has 0 aliphatic heterocycles. The minimum atomic E-state index is -0.178. The zero-order valence-corrected chi connectivity index (χ0v) is 6.30. The van der Waals surface area contributed by atoms with E-state index in [1.54, 1.807) is 6.08 Å². The summed E-state index contributed by atoms with van der Waals surface area (Å²) in [5, 5.41) is 9.15. The second-order valence-corrected chi connectivity index (χ2v) is 2.81. The van der Waals surface area contributed by atoms with Crippen LogP contribution in [0.3, 0.4) is 0 Å². The van der Waals surface area contributed by atoms with Crippen LogP contribution in [0, 0.1) is 5.92 Å². The first-order valence-corrected chi connectivity index (χ1v) is 3.45. The third kappa shape index (κ3) is 5.57. The SMILES string of the molecule is C=CC[C@@H](O)CC(C)C. The number of rotatable bonds is 4. The Morgan fingerprint density at radius 1 is 1.56 bits per heavy atom. The van der Waals surface area contributed by atoms with Crippen LogP contribution in [0.1, 0.15) is 26.7 Å². The first-order valence-electron chi connectivity index (χ1n) is 3.45. The van der Waals surface area contributed by atoms with Crippen molar-refractivity contribution < 1.29 is 5.11 Å². The van der Waals surface area contributed by atoms with Crippen LogP contribution in [0.2, 0.25) is 0 Å². The van der Waals surface area contributed by atoms with Gasteiger partial charge < -0.3 is 5.11 Å². The second-order valence-electron chi connectivity index (χ2n) is 2.81. The van der Waals surface area contributed by atoms with Gasteiger partial charge in [0.1, 0.15) is 0 Å². The van der Waals surface area contributed by atoms with Crippen LogP contribution >= 0.6 is 0 Å². The van der Waals surface area contributed by atoms with Crippen LogP contribution in [0.5, 0.6) is 0 Å². The summed E-state index contributed by atoms with van der Waals surface area (Å²) in [6.45, 7) is 7.75.